The molecule has 1 atom stereocenters. The molecule has 7 heteroatoms. The van der Waals surface area contributed by atoms with Crippen LogP contribution in [0.15, 0.2) is 11.2 Å². The molecule has 6 nitrogen and oxygen atoms in total. The maximum Gasteiger partial charge on any atom is 0.260 e. The van der Waals surface area contributed by atoms with Crippen LogP contribution < -0.4 is 4.72 Å². The van der Waals surface area contributed by atoms with Crippen LogP contribution in [0, 0.1) is 6.92 Å². The van der Waals surface area contributed by atoms with Crippen LogP contribution in [0.1, 0.15) is 26.1 Å². The number of hydrogen-bond acceptors (Lipinski definition) is 4. The van der Waals surface area contributed by atoms with Crippen molar-refractivity contribution >= 4 is 10.0 Å². The van der Waals surface area contributed by atoms with Crippen LogP contribution in [0.5, 0.6) is 0 Å². The van der Waals surface area contributed by atoms with E-state index in [0.29, 0.717) is 12.2 Å². The molecule has 0 amide bonds. The number of aliphatic hydroxyl groups is 1. The second kappa shape index (κ2) is 4.75. The van der Waals surface area contributed by atoms with Crippen LogP contribution in [0.2, 0.25) is 0 Å². The normalized spacial score (nSPS) is 15.8. The summed E-state index contributed by atoms with van der Waals surface area (Å²) in [6.45, 7) is 4.93. The van der Waals surface area contributed by atoms with Gasteiger partial charge in [0.25, 0.3) is 10.0 Å². The third-order valence-corrected chi connectivity index (χ3v) is 4.38. The Morgan fingerprint density at radius 2 is 2.18 bits per heavy atom. The molecule has 0 spiro atoms. The summed E-state index contributed by atoms with van der Waals surface area (Å²) >= 11 is 0. The van der Waals surface area contributed by atoms with Crippen molar-refractivity contribution in [1.82, 2.24) is 14.3 Å². The van der Waals surface area contributed by atoms with E-state index in [0.717, 1.165) is 0 Å². The fourth-order valence-corrected chi connectivity index (χ4v) is 2.76. The third kappa shape index (κ3) is 3.05. The van der Waals surface area contributed by atoms with Crippen molar-refractivity contribution in [3.63, 3.8) is 0 Å². The first-order valence-corrected chi connectivity index (χ1v) is 6.87. The molecule has 2 N–H and O–H groups in total. The largest absolute Gasteiger partial charge is 0.394 e. The number of aromatic nitrogens is 2. The Morgan fingerprint density at radius 1 is 1.59 bits per heavy atom. The molecule has 0 aliphatic rings. The van der Waals surface area contributed by atoms with E-state index in [1.807, 2.05) is 6.92 Å². The average molecular weight is 261 g/mol. The molecule has 17 heavy (non-hydrogen) atoms. The Balaban J connectivity index is 3.04. The van der Waals surface area contributed by atoms with Gasteiger partial charge in [-0.3, -0.25) is 0 Å². The fraction of sp³-hybridized carbons (Fsp3) is 0.700. The quantitative estimate of drug-likeness (QED) is 0.791. The van der Waals surface area contributed by atoms with E-state index >= 15 is 0 Å². The van der Waals surface area contributed by atoms with Gasteiger partial charge in [-0.2, -0.15) is 0 Å². The molecule has 98 valence electrons. The zero-order valence-electron chi connectivity index (χ0n) is 10.6. The van der Waals surface area contributed by atoms with Crippen molar-refractivity contribution in [2.45, 2.75) is 37.8 Å². The van der Waals surface area contributed by atoms with E-state index in [4.69, 9.17) is 0 Å². The number of nitrogens with zero attached hydrogens (tertiary/aromatic N) is 2. The van der Waals surface area contributed by atoms with Gasteiger partial charge in [-0.25, -0.2) is 18.1 Å². The molecule has 0 bridgehead atoms. The lowest BCUT2D eigenvalue weighted by Crippen LogP contribution is -2.48. The fourth-order valence-electron chi connectivity index (χ4n) is 1.25. The molecule has 1 rings (SSSR count). The van der Waals surface area contributed by atoms with Crippen molar-refractivity contribution in [3.8, 4) is 0 Å². The van der Waals surface area contributed by atoms with Gasteiger partial charge < -0.3 is 9.67 Å². The number of sulfonamides is 1. The van der Waals surface area contributed by atoms with Gasteiger partial charge in [-0.05, 0) is 20.3 Å². The van der Waals surface area contributed by atoms with Crippen LogP contribution in [-0.4, -0.2) is 35.2 Å². The second-order valence-corrected chi connectivity index (χ2v) is 6.04. The molecule has 1 aromatic rings. The van der Waals surface area contributed by atoms with Gasteiger partial charge >= 0.3 is 0 Å². The Morgan fingerprint density at radius 3 is 2.53 bits per heavy atom. The summed E-state index contributed by atoms with van der Waals surface area (Å²) in [5, 5.41) is 9.18. The van der Waals surface area contributed by atoms with Gasteiger partial charge in [0.05, 0.1) is 12.1 Å². The monoisotopic (exact) mass is 261 g/mol. The first kappa shape index (κ1) is 14.1. The highest BCUT2D eigenvalue weighted by molar-refractivity contribution is 7.89. The second-order valence-electron chi connectivity index (χ2n) is 4.42. The van der Waals surface area contributed by atoms with Gasteiger partial charge in [0.2, 0.25) is 0 Å². The average Bonchev–Trinajstić information content (AvgIpc) is 2.59. The molecule has 1 heterocycles. The first-order valence-electron chi connectivity index (χ1n) is 5.39. The van der Waals surface area contributed by atoms with Crippen molar-refractivity contribution in [3.05, 3.63) is 12.0 Å². The highest BCUT2D eigenvalue weighted by Gasteiger charge is 2.30. The lowest BCUT2D eigenvalue weighted by molar-refractivity contribution is 0.191. The minimum atomic E-state index is -3.69. The standard InChI is InChI=1S/C10H19N3O3S/c1-5-10(3,7-14)12-17(15,16)9-6-13(4)8(2)11-9/h6,12,14H,5,7H2,1-4H3. The van der Waals surface area contributed by atoms with Crippen molar-refractivity contribution in [2.75, 3.05) is 6.61 Å². The van der Waals surface area contributed by atoms with Gasteiger partial charge in [0.1, 0.15) is 5.82 Å². The topological polar surface area (TPSA) is 84.2 Å². The van der Waals surface area contributed by atoms with Crippen molar-refractivity contribution in [2.24, 2.45) is 7.05 Å². The zero-order chi connectivity index (χ0) is 13.3. The minimum Gasteiger partial charge on any atom is -0.394 e. The molecule has 0 aliphatic carbocycles. The molecule has 0 radical (unpaired) electrons. The number of aryl methyl sites for hydroxylation is 2. The first-order chi connectivity index (χ1) is 7.74. The molecule has 0 saturated heterocycles. The van der Waals surface area contributed by atoms with Crippen molar-refractivity contribution < 1.29 is 13.5 Å². The van der Waals surface area contributed by atoms with Crippen LogP contribution in [0.25, 0.3) is 0 Å². The van der Waals surface area contributed by atoms with E-state index in [9.17, 15) is 13.5 Å². The summed E-state index contributed by atoms with van der Waals surface area (Å²) in [5.41, 5.74) is -0.857. The summed E-state index contributed by atoms with van der Waals surface area (Å²) < 4.78 is 28.2. The lowest BCUT2D eigenvalue weighted by atomic mass is 10.0. The Kier molecular flexibility index (Phi) is 3.95. The van der Waals surface area contributed by atoms with Crippen molar-refractivity contribution in [1.29, 1.82) is 0 Å². The molecule has 0 saturated carbocycles. The number of nitrogens with one attached hydrogen (secondary N) is 1. The number of imidazole rings is 1. The van der Waals surface area contributed by atoms with Crippen LogP contribution >= 0.6 is 0 Å². The summed E-state index contributed by atoms with van der Waals surface area (Å²) in [6.07, 6.45) is 1.94. The summed E-state index contributed by atoms with van der Waals surface area (Å²) in [5.74, 6) is 0.618. The van der Waals surface area contributed by atoms with E-state index in [-0.39, 0.29) is 11.6 Å². The Hall–Kier alpha value is -0.920. The van der Waals surface area contributed by atoms with E-state index in [2.05, 4.69) is 9.71 Å². The van der Waals surface area contributed by atoms with Gasteiger partial charge in [-0.1, -0.05) is 6.92 Å². The zero-order valence-corrected chi connectivity index (χ0v) is 11.4. The van der Waals surface area contributed by atoms with Gasteiger partial charge in [0, 0.05) is 13.2 Å². The maximum absolute atomic E-state index is 12.0. The van der Waals surface area contributed by atoms with Crippen LogP contribution in [0.4, 0.5) is 0 Å². The molecule has 0 aliphatic heterocycles. The Bertz CT molecular complexity index is 469. The maximum atomic E-state index is 12.0. The van der Waals surface area contributed by atoms with E-state index in [1.165, 1.54) is 6.20 Å². The SMILES string of the molecule is CCC(C)(CO)NS(=O)(=O)c1cn(C)c(C)n1. The predicted octanol–water partition coefficient (Wildman–Crippen LogP) is 0.168. The summed E-state index contributed by atoms with van der Waals surface area (Å²) in [4.78, 5) is 3.97. The van der Waals surface area contributed by atoms with E-state index < -0.39 is 15.6 Å². The predicted molar refractivity (Wildman–Crippen MR) is 64.0 cm³/mol. The number of aliphatic hydroxyl groups excluding tert-OH is 1. The molecule has 0 fully saturated rings. The van der Waals surface area contributed by atoms with E-state index in [1.54, 1.807) is 25.5 Å². The smallest absolute Gasteiger partial charge is 0.260 e. The van der Waals surface area contributed by atoms with Crippen LogP contribution in [-0.2, 0) is 17.1 Å². The number of rotatable bonds is 5. The third-order valence-electron chi connectivity index (χ3n) is 2.87. The van der Waals surface area contributed by atoms with Crippen LogP contribution in [0.3, 0.4) is 0 Å². The van der Waals surface area contributed by atoms with Gasteiger partial charge in [-0.15, -0.1) is 0 Å². The molecule has 1 aromatic heterocycles. The number of hydrogen-bond donors (Lipinski definition) is 2. The van der Waals surface area contributed by atoms with Gasteiger partial charge in [0.15, 0.2) is 5.03 Å². The highest BCUT2D eigenvalue weighted by Crippen LogP contribution is 2.14. The highest BCUT2D eigenvalue weighted by atomic mass is 32.2. The lowest BCUT2D eigenvalue weighted by Gasteiger charge is -2.26. The Labute approximate surface area is 102 Å². The summed E-state index contributed by atoms with van der Waals surface area (Å²) in [6, 6.07) is 0. The molecule has 1 unspecified atom stereocenters. The minimum absolute atomic E-state index is 0.0226. The summed E-state index contributed by atoms with van der Waals surface area (Å²) in [7, 11) is -1.96. The molecule has 0 aromatic carbocycles. The molecular formula is C10H19N3O3S. The molecular weight excluding hydrogens is 242 g/mol.